The van der Waals surface area contributed by atoms with Crippen LogP contribution < -0.4 is 0 Å². The van der Waals surface area contributed by atoms with Crippen LogP contribution in [0, 0.1) is 0 Å². The van der Waals surface area contributed by atoms with Crippen molar-refractivity contribution in [3.8, 4) is 0 Å². The monoisotopic (exact) mass is 215 g/mol. The smallest absolute Gasteiger partial charge is 0.140 e. The third-order valence-electron chi connectivity index (χ3n) is 2.09. The second-order valence-electron chi connectivity index (χ2n) is 3.14. The number of aromatic nitrogens is 3. The molecule has 1 N–H and O–H groups in total. The van der Waals surface area contributed by atoms with Crippen LogP contribution in [-0.4, -0.2) is 15.0 Å². The second kappa shape index (κ2) is 4.53. The molecule has 0 aliphatic heterocycles. The Balaban J connectivity index is 2.46. The molecule has 2 aromatic rings. The van der Waals surface area contributed by atoms with E-state index in [4.69, 9.17) is 0 Å². The van der Waals surface area contributed by atoms with Crippen LogP contribution in [-0.2, 0) is 0 Å². The molecule has 0 amide bonds. The topological polar surface area (TPSA) is 41.6 Å². The molecule has 0 radical (unpaired) electrons. The van der Waals surface area contributed by atoms with Crippen molar-refractivity contribution in [2.45, 2.75) is 0 Å². The average molecular weight is 215 g/mol. The number of allylic oxidation sites excluding steroid dienone is 4. The number of fused-ring (bicyclic) bond motifs is 1. The maximum absolute atomic E-state index is 12.7. The van der Waals surface area contributed by atoms with Gasteiger partial charge in [-0.1, -0.05) is 18.7 Å². The molecule has 2 aromatic heterocycles. The number of rotatable bonds is 3. The van der Waals surface area contributed by atoms with E-state index in [0.717, 1.165) is 11.0 Å². The molecule has 0 spiro atoms. The summed E-state index contributed by atoms with van der Waals surface area (Å²) in [6.07, 6.45) is 8.62. The molecule has 0 saturated heterocycles. The van der Waals surface area contributed by atoms with Crippen LogP contribution in [0.1, 0.15) is 5.82 Å². The lowest BCUT2D eigenvalue weighted by Gasteiger charge is -1.92. The first-order chi connectivity index (χ1) is 7.85. The van der Waals surface area contributed by atoms with Crippen molar-refractivity contribution in [1.82, 2.24) is 15.0 Å². The zero-order chi connectivity index (χ0) is 11.4. The Labute approximate surface area is 92.0 Å². The van der Waals surface area contributed by atoms with Crippen LogP contribution in [0.3, 0.4) is 0 Å². The Morgan fingerprint density at radius 3 is 3.06 bits per heavy atom. The van der Waals surface area contributed by atoms with Crippen molar-refractivity contribution >= 4 is 16.6 Å². The summed E-state index contributed by atoms with van der Waals surface area (Å²) in [4.78, 5) is 11.2. The van der Waals surface area contributed by atoms with Crippen molar-refractivity contribution in [2.75, 3.05) is 0 Å². The number of halogens is 1. The van der Waals surface area contributed by atoms with E-state index < -0.39 is 0 Å². The van der Waals surface area contributed by atoms with Gasteiger partial charge in [-0.25, -0.2) is 9.37 Å². The Morgan fingerprint density at radius 1 is 1.50 bits per heavy atom. The standard InChI is InChI=1S/C12H10FN3/c1-2-3-4-9(7-13)12-15-10-5-6-14-8-11(10)16-12/h2-8H,1H2,(H,15,16)/b4-3-,9-7-. The van der Waals surface area contributed by atoms with Crippen molar-refractivity contribution < 1.29 is 4.39 Å². The van der Waals surface area contributed by atoms with Gasteiger partial charge in [0, 0.05) is 11.8 Å². The van der Waals surface area contributed by atoms with E-state index in [9.17, 15) is 4.39 Å². The number of hydrogen-bond donors (Lipinski definition) is 1. The van der Waals surface area contributed by atoms with Crippen molar-refractivity contribution in [1.29, 1.82) is 0 Å². The lowest BCUT2D eigenvalue weighted by molar-refractivity contribution is 0.723. The Hall–Kier alpha value is -2.23. The van der Waals surface area contributed by atoms with E-state index in [1.165, 1.54) is 0 Å². The quantitative estimate of drug-likeness (QED) is 0.799. The normalized spacial score (nSPS) is 12.4. The van der Waals surface area contributed by atoms with Gasteiger partial charge in [0.25, 0.3) is 0 Å². The predicted octanol–water partition coefficient (Wildman–Crippen LogP) is 3.01. The van der Waals surface area contributed by atoms with Gasteiger partial charge >= 0.3 is 0 Å². The van der Waals surface area contributed by atoms with Gasteiger partial charge in [0.1, 0.15) is 5.82 Å². The van der Waals surface area contributed by atoms with Crippen LogP contribution in [0.4, 0.5) is 4.39 Å². The van der Waals surface area contributed by atoms with Gasteiger partial charge in [0.2, 0.25) is 0 Å². The summed E-state index contributed by atoms with van der Waals surface area (Å²) in [6.45, 7) is 3.53. The molecule has 0 unspecified atom stereocenters. The van der Waals surface area contributed by atoms with E-state index in [1.54, 1.807) is 36.7 Å². The fraction of sp³-hybridized carbons (Fsp3) is 0. The third-order valence-corrected chi connectivity index (χ3v) is 2.09. The fourth-order valence-corrected chi connectivity index (χ4v) is 1.33. The maximum Gasteiger partial charge on any atom is 0.140 e. The van der Waals surface area contributed by atoms with Crippen molar-refractivity contribution in [3.63, 3.8) is 0 Å². The Morgan fingerprint density at radius 2 is 2.38 bits per heavy atom. The van der Waals surface area contributed by atoms with Gasteiger partial charge in [-0.3, -0.25) is 4.98 Å². The zero-order valence-corrected chi connectivity index (χ0v) is 8.52. The highest BCUT2D eigenvalue weighted by atomic mass is 19.1. The molecule has 2 heterocycles. The number of imidazole rings is 1. The number of nitrogens with zero attached hydrogens (tertiary/aromatic N) is 2. The summed E-state index contributed by atoms with van der Waals surface area (Å²) in [6, 6.07) is 1.77. The Bertz CT molecular complexity index is 533. The lowest BCUT2D eigenvalue weighted by atomic mass is 10.2. The van der Waals surface area contributed by atoms with Gasteiger partial charge in [-0.15, -0.1) is 0 Å². The van der Waals surface area contributed by atoms with E-state index in [2.05, 4.69) is 21.5 Å². The molecule has 0 saturated carbocycles. The SMILES string of the molecule is C=C/C=C\C(=C\F)c1nc2ccncc2[nH]1. The number of pyridine rings is 1. The van der Waals surface area contributed by atoms with E-state index in [0.29, 0.717) is 17.7 Å². The molecule has 0 aliphatic carbocycles. The molecule has 4 heteroatoms. The van der Waals surface area contributed by atoms with Crippen LogP contribution in [0.15, 0.2) is 49.6 Å². The van der Waals surface area contributed by atoms with Gasteiger partial charge in [-0.2, -0.15) is 0 Å². The van der Waals surface area contributed by atoms with Gasteiger partial charge in [0.15, 0.2) is 0 Å². The first-order valence-corrected chi connectivity index (χ1v) is 4.74. The van der Waals surface area contributed by atoms with E-state index in [1.807, 2.05) is 0 Å². The van der Waals surface area contributed by atoms with E-state index >= 15 is 0 Å². The molecule has 2 rings (SSSR count). The fourth-order valence-electron chi connectivity index (χ4n) is 1.33. The molecule has 3 nitrogen and oxygen atoms in total. The molecule has 80 valence electrons. The second-order valence-corrected chi connectivity index (χ2v) is 3.14. The highest BCUT2D eigenvalue weighted by molar-refractivity contribution is 5.79. The summed E-state index contributed by atoms with van der Waals surface area (Å²) < 4.78 is 12.7. The van der Waals surface area contributed by atoms with Crippen LogP contribution in [0.2, 0.25) is 0 Å². The summed E-state index contributed by atoms with van der Waals surface area (Å²) in [5, 5.41) is 0. The molecule has 0 aromatic carbocycles. The third kappa shape index (κ3) is 1.91. The molecular weight excluding hydrogens is 205 g/mol. The molecule has 16 heavy (non-hydrogen) atoms. The van der Waals surface area contributed by atoms with Crippen molar-refractivity contribution in [3.05, 3.63) is 55.4 Å². The first-order valence-electron chi connectivity index (χ1n) is 4.74. The lowest BCUT2D eigenvalue weighted by Crippen LogP contribution is -1.82. The number of hydrogen-bond acceptors (Lipinski definition) is 2. The van der Waals surface area contributed by atoms with Crippen LogP contribution >= 0.6 is 0 Å². The van der Waals surface area contributed by atoms with Crippen molar-refractivity contribution in [2.24, 2.45) is 0 Å². The first kappa shape index (κ1) is 10.3. The van der Waals surface area contributed by atoms with E-state index in [-0.39, 0.29) is 0 Å². The number of aromatic amines is 1. The largest absolute Gasteiger partial charge is 0.337 e. The maximum atomic E-state index is 12.7. The predicted molar refractivity (Wildman–Crippen MR) is 62.3 cm³/mol. The number of nitrogens with one attached hydrogen (secondary N) is 1. The minimum absolute atomic E-state index is 0.371. The summed E-state index contributed by atoms with van der Waals surface area (Å²) >= 11 is 0. The Kier molecular flexibility index (Phi) is 2.91. The van der Waals surface area contributed by atoms with Gasteiger partial charge in [0.05, 0.1) is 23.6 Å². The molecular formula is C12H10FN3. The van der Waals surface area contributed by atoms with Gasteiger partial charge in [-0.05, 0) is 12.1 Å². The summed E-state index contributed by atoms with van der Waals surface area (Å²) in [7, 11) is 0. The minimum Gasteiger partial charge on any atom is -0.337 e. The average Bonchev–Trinajstić information content (AvgIpc) is 2.73. The summed E-state index contributed by atoms with van der Waals surface area (Å²) in [5.41, 5.74) is 1.91. The zero-order valence-electron chi connectivity index (χ0n) is 8.52. The number of H-pyrrole nitrogens is 1. The molecule has 0 atom stereocenters. The molecule has 0 aliphatic rings. The van der Waals surface area contributed by atoms with Gasteiger partial charge < -0.3 is 4.98 Å². The van der Waals surface area contributed by atoms with Crippen LogP contribution in [0.5, 0.6) is 0 Å². The highest BCUT2D eigenvalue weighted by Gasteiger charge is 2.05. The minimum atomic E-state index is 0.371. The highest BCUT2D eigenvalue weighted by Crippen LogP contribution is 2.17. The molecule has 0 fully saturated rings. The molecule has 0 bridgehead atoms. The summed E-state index contributed by atoms with van der Waals surface area (Å²) in [5.74, 6) is 0.476. The van der Waals surface area contributed by atoms with Crippen LogP contribution in [0.25, 0.3) is 16.6 Å².